The Morgan fingerprint density at radius 3 is 2.61 bits per heavy atom. The normalized spacial score (nSPS) is 11.2. The lowest BCUT2D eigenvalue weighted by Crippen LogP contribution is -2.29. The minimum absolute atomic E-state index is 0.118. The van der Waals surface area contributed by atoms with Crippen LogP contribution >= 0.6 is 23.1 Å². The summed E-state index contributed by atoms with van der Waals surface area (Å²) in [6.07, 6.45) is 1.69. The summed E-state index contributed by atoms with van der Waals surface area (Å²) in [5.41, 5.74) is 2.14. The number of aromatic nitrogens is 4. The maximum atomic E-state index is 12.9. The van der Waals surface area contributed by atoms with Crippen LogP contribution in [-0.4, -0.2) is 31.4 Å². The SMILES string of the molecule is O=C(CSc1nc2ccccc2s1)NCc1nn(Cc2ccccn2)c(=O)c2ccccc12. The van der Waals surface area contributed by atoms with E-state index in [1.165, 1.54) is 16.4 Å². The number of nitrogens with one attached hydrogen (secondary N) is 1. The number of pyridine rings is 1. The molecule has 7 nitrogen and oxygen atoms in total. The summed E-state index contributed by atoms with van der Waals surface area (Å²) >= 11 is 2.99. The molecule has 9 heteroatoms. The van der Waals surface area contributed by atoms with Crippen molar-refractivity contribution in [2.45, 2.75) is 17.4 Å². The molecule has 0 aliphatic heterocycles. The first-order valence-corrected chi connectivity index (χ1v) is 12.1. The number of hydrogen-bond donors (Lipinski definition) is 1. The highest BCUT2D eigenvalue weighted by Gasteiger charge is 2.13. The largest absolute Gasteiger partial charge is 0.350 e. The molecule has 33 heavy (non-hydrogen) atoms. The first kappa shape index (κ1) is 21.3. The van der Waals surface area contributed by atoms with Crippen molar-refractivity contribution in [1.29, 1.82) is 0 Å². The van der Waals surface area contributed by atoms with Crippen LogP contribution in [0.25, 0.3) is 21.0 Å². The second-order valence-corrected chi connectivity index (χ2v) is 9.54. The molecule has 0 unspecified atom stereocenters. The van der Waals surface area contributed by atoms with Crippen LogP contribution in [0.1, 0.15) is 11.4 Å². The summed E-state index contributed by atoms with van der Waals surface area (Å²) in [4.78, 5) is 34.3. The highest BCUT2D eigenvalue weighted by atomic mass is 32.2. The fraction of sp³-hybridized carbons (Fsp3) is 0.125. The van der Waals surface area contributed by atoms with E-state index in [-0.39, 0.29) is 30.3 Å². The van der Waals surface area contributed by atoms with E-state index in [9.17, 15) is 9.59 Å². The fourth-order valence-corrected chi connectivity index (χ4v) is 5.36. The summed E-state index contributed by atoms with van der Waals surface area (Å²) in [6, 6.07) is 20.8. The number of benzene rings is 2. The summed E-state index contributed by atoms with van der Waals surface area (Å²) in [7, 11) is 0. The van der Waals surface area contributed by atoms with Crippen LogP contribution in [0.4, 0.5) is 0 Å². The van der Waals surface area contributed by atoms with Gasteiger partial charge in [-0.25, -0.2) is 9.67 Å². The second-order valence-electron chi connectivity index (χ2n) is 7.29. The molecule has 164 valence electrons. The van der Waals surface area contributed by atoms with Gasteiger partial charge in [-0.15, -0.1) is 11.3 Å². The number of amides is 1. The van der Waals surface area contributed by atoms with Crippen molar-refractivity contribution in [3.05, 3.63) is 94.7 Å². The monoisotopic (exact) mass is 473 g/mol. The fourth-order valence-electron chi connectivity index (χ4n) is 3.46. The summed E-state index contributed by atoms with van der Waals surface area (Å²) in [5.74, 6) is 0.137. The van der Waals surface area contributed by atoms with Gasteiger partial charge in [-0.2, -0.15) is 5.10 Å². The lowest BCUT2D eigenvalue weighted by molar-refractivity contribution is -0.118. The van der Waals surface area contributed by atoms with Crippen LogP contribution in [-0.2, 0) is 17.9 Å². The van der Waals surface area contributed by atoms with Crippen molar-refractivity contribution in [3.63, 3.8) is 0 Å². The summed E-state index contributed by atoms with van der Waals surface area (Å²) in [6.45, 7) is 0.487. The van der Waals surface area contributed by atoms with E-state index in [0.717, 1.165) is 25.6 Å². The Bertz CT molecular complexity index is 1460. The molecule has 5 rings (SSSR count). The number of rotatable bonds is 7. The van der Waals surface area contributed by atoms with Gasteiger partial charge in [0.05, 0.1) is 45.8 Å². The molecule has 0 radical (unpaired) electrons. The topological polar surface area (TPSA) is 89.8 Å². The van der Waals surface area contributed by atoms with Gasteiger partial charge in [0.1, 0.15) is 0 Å². The highest BCUT2D eigenvalue weighted by molar-refractivity contribution is 8.01. The Kier molecular flexibility index (Phi) is 6.14. The standard InChI is InChI=1S/C24H19N5O2S2/c30-22(15-32-24-27-19-10-3-4-11-21(19)33-24)26-13-20-17-8-1-2-9-18(17)23(31)29(28-20)14-16-7-5-6-12-25-16/h1-12H,13-15H2,(H,26,30). The molecule has 0 atom stereocenters. The van der Waals surface area contributed by atoms with Gasteiger partial charge in [0.2, 0.25) is 5.91 Å². The molecular weight excluding hydrogens is 454 g/mol. The van der Waals surface area contributed by atoms with Crippen LogP contribution in [0, 0.1) is 0 Å². The van der Waals surface area contributed by atoms with Gasteiger partial charge >= 0.3 is 0 Å². The number of thioether (sulfide) groups is 1. The Morgan fingerprint density at radius 2 is 1.79 bits per heavy atom. The van der Waals surface area contributed by atoms with Crippen molar-refractivity contribution in [3.8, 4) is 0 Å². The third-order valence-corrected chi connectivity index (χ3v) is 7.22. The van der Waals surface area contributed by atoms with Gasteiger partial charge in [0, 0.05) is 11.6 Å². The van der Waals surface area contributed by atoms with Gasteiger partial charge in [0.15, 0.2) is 4.34 Å². The minimum atomic E-state index is -0.183. The third-order valence-electron chi connectivity index (χ3n) is 5.04. The van der Waals surface area contributed by atoms with Crippen LogP contribution in [0.3, 0.4) is 0 Å². The van der Waals surface area contributed by atoms with E-state index >= 15 is 0 Å². The van der Waals surface area contributed by atoms with E-state index < -0.39 is 0 Å². The zero-order chi connectivity index (χ0) is 22.6. The van der Waals surface area contributed by atoms with Crippen LogP contribution in [0.5, 0.6) is 0 Å². The molecule has 3 heterocycles. The molecule has 0 fully saturated rings. The first-order chi connectivity index (χ1) is 16.2. The average molecular weight is 474 g/mol. The molecule has 0 spiro atoms. The molecule has 0 aliphatic carbocycles. The number of para-hydroxylation sites is 1. The zero-order valence-corrected chi connectivity index (χ0v) is 19.1. The van der Waals surface area contributed by atoms with E-state index in [4.69, 9.17) is 0 Å². The van der Waals surface area contributed by atoms with Crippen LogP contribution in [0.2, 0.25) is 0 Å². The molecular formula is C24H19N5O2S2. The number of thiazole rings is 1. The first-order valence-electron chi connectivity index (χ1n) is 10.3. The maximum Gasteiger partial charge on any atom is 0.275 e. The molecule has 0 saturated heterocycles. The van der Waals surface area contributed by atoms with Crippen molar-refractivity contribution < 1.29 is 4.79 Å². The molecule has 1 N–H and O–H groups in total. The van der Waals surface area contributed by atoms with Crippen LogP contribution in [0.15, 0.2) is 82.1 Å². The van der Waals surface area contributed by atoms with E-state index in [0.29, 0.717) is 11.1 Å². The molecule has 0 aliphatic rings. The Morgan fingerprint density at radius 1 is 1.00 bits per heavy atom. The zero-order valence-electron chi connectivity index (χ0n) is 17.5. The predicted octanol–water partition coefficient (Wildman–Crippen LogP) is 3.86. The van der Waals surface area contributed by atoms with Gasteiger partial charge in [-0.3, -0.25) is 14.6 Å². The molecule has 3 aromatic heterocycles. The van der Waals surface area contributed by atoms with Crippen molar-refractivity contribution in [1.82, 2.24) is 25.1 Å². The second kappa shape index (κ2) is 9.51. The Balaban J connectivity index is 1.31. The quantitative estimate of drug-likeness (QED) is 0.361. The highest BCUT2D eigenvalue weighted by Crippen LogP contribution is 2.29. The number of hydrogen-bond acceptors (Lipinski definition) is 7. The summed E-state index contributed by atoms with van der Waals surface area (Å²) in [5, 5.41) is 8.78. The molecule has 0 saturated carbocycles. The average Bonchev–Trinajstić information content (AvgIpc) is 3.27. The van der Waals surface area contributed by atoms with Crippen molar-refractivity contribution in [2.75, 3.05) is 5.75 Å². The van der Waals surface area contributed by atoms with E-state index in [1.54, 1.807) is 23.6 Å². The Hall–Kier alpha value is -3.56. The smallest absolute Gasteiger partial charge is 0.275 e. The number of fused-ring (bicyclic) bond motifs is 2. The number of nitrogens with zero attached hydrogens (tertiary/aromatic N) is 4. The van der Waals surface area contributed by atoms with E-state index in [2.05, 4.69) is 20.4 Å². The van der Waals surface area contributed by atoms with Gasteiger partial charge in [-0.1, -0.05) is 48.2 Å². The lowest BCUT2D eigenvalue weighted by atomic mass is 10.1. The van der Waals surface area contributed by atoms with Crippen molar-refractivity contribution in [2.24, 2.45) is 0 Å². The molecule has 0 bridgehead atoms. The van der Waals surface area contributed by atoms with E-state index in [1.807, 2.05) is 60.7 Å². The lowest BCUT2D eigenvalue weighted by Gasteiger charge is -2.11. The molecule has 5 aromatic rings. The maximum absolute atomic E-state index is 12.9. The third kappa shape index (κ3) is 4.79. The van der Waals surface area contributed by atoms with Crippen LogP contribution < -0.4 is 10.9 Å². The predicted molar refractivity (Wildman–Crippen MR) is 132 cm³/mol. The number of carbonyl (C=O) groups excluding carboxylic acids is 1. The van der Waals surface area contributed by atoms with Gasteiger partial charge in [-0.05, 0) is 30.3 Å². The van der Waals surface area contributed by atoms with Gasteiger partial charge in [0.25, 0.3) is 5.56 Å². The van der Waals surface area contributed by atoms with Crippen molar-refractivity contribution >= 4 is 50.0 Å². The summed E-state index contributed by atoms with van der Waals surface area (Å²) < 4.78 is 3.37. The van der Waals surface area contributed by atoms with Gasteiger partial charge < -0.3 is 5.32 Å². The number of carbonyl (C=O) groups is 1. The molecule has 1 amide bonds. The Labute approximate surface area is 197 Å². The minimum Gasteiger partial charge on any atom is -0.350 e. The molecule has 2 aromatic carbocycles.